The first-order chi connectivity index (χ1) is 14.8. The van der Waals surface area contributed by atoms with E-state index in [-0.39, 0.29) is 21.3 Å². The van der Waals surface area contributed by atoms with E-state index < -0.39 is 45.3 Å². The van der Waals surface area contributed by atoms with Crippen LogP contribution in [0.2, 0.25) is 10.0 Å². The van der Waals surface area contributed by atoms with Crippen LogP contribution in [0, 0.1) is 6.92 Å². The van der Waals surface area contributed by atoms with Crippen molar-refractivity contribution in [2.24, 2.45) is 22.4 Å². The summed E-state index contributed by atoms with van der Waals surface area (Å²) in [6.07, 6.45) is -1.05. The molecule has 1 heterocycles. The molecule has 174 valence electrons. The smallest absolute Gasteiger partial charge is 0.275 e. The number of nitrogens with zero attached hydrogens (tertiary/aromatic N) is 2. The van der Waals surface area contributed by atoms with E-state index in [4.69, 9.17) is 45.2 Å². The lowest BCUT2D eigenvalue weighted by molar-refractivity contribution is -0.125. The van der Waals surface area contributed by atoms with Crippen molar-refractivity contribution in [2.75, 3.05) is 4.72 Å². The summed E-state index contributed by atoms with van der Waals surface area (Å²) in [6, 6.07) is 5.93. The van der Waals surface area contributed by atoms with Gasteiger partial charge in [0, 0.05) is 5.69 Å². The third-order valence-corrected chi connectivity index (χ3v) is 6.38. The molecule has 2 rings (SSSR count). The lowest BCUT2D eigenvalue weighted by atomic mass is 10.1. The van der Waals surface area contributed by atoms with Gasteiger partial charge in [0.2, 0.25) is 21.9 Å². The number of hydrogen-bond donors (Lipinski definition) is 4. The molecule has 2 aromatic rings. The van der Waals surface area contributed by atoms with Crippen LogP contribution in [0.1, 0.15) is 24.2 Å². The number of aromatic nitrogens is 1. The van der Waals surface area contributed by atoms with Gasteiger partial charge in [-0.2, -0.15) is 0 Å². The number of amides is 1. The van der Waals surface area contributed by atoms with Crippen molar-refractivity contribution >= 4 is 50.8 Å². The first kappa shape index (κ1) is 25.3. The molecule has 0 fully saturated rings. The topological polar surface area (TPSA) is 185 Å². The van der Waals surface area contributed by atoms with Gasteiger partial charge in [-0.15, -0.1) is 0 Å². The Bertz CT molecular complexity index is 1210. The molecule has 2 atom stereocenters. The minimum Gasteiger partial charge on any atom is -0.387 e. The number of aryl methyl sites for hydroxylation is 1. The van der Waals surface area contributed by atoms with Gasteiger partial charge in [-0.05, 0) is 42.8 Å². The van der Waals surface area contributed by atoms with Crippen LogP contribution in [0.4, 0.5) is 5.69 Å². The number of anilines is 1. The molecule has 1 aromatic carbocycles. The van der Waals surface area contributed by atoms with Crippen LogP contribution in [0.25, 0.3) is 0 Å². The van der Waals surface area contributed by atoms with Crippen LogP contribution >= 0.6 is 23.2 Å². The zero-order valence-electron chi connectivity index (χ0n) is 17.1. The Morgan fingerprint density at radius 1 is 1.22 bits per heavy atom. The molecule has 11 nitrogen and oxygen atoms in total. The van der Waals surface area contributed by atoms with Gasteiger partial charge < -0.3 is 22.0 Å². The number of carbonyl (C=O) groups excluding carboxylic acids is 1. The highest BCUT2D eigenvalue weighted by molar-refractivity contribution is 7.91. The summed E-state index contributed by atoms with van der Waals surface area (Å²) in [5, 5.41) is 3.65. The lowest BCUT2D eigenvalue weighted by Crippen LogP contribution is -2.42. The Morgan fingerprint density at radius 2 is 1.88 bits per heavy atom. The fourth-order valence-electron chi connectivity index (χ4n) is 2.91. The summed E-state index contributed by atoms with van der Waals surface area (Å²) in [5.41, 5.74) is 15.3. The number of primary amides is 1. The molecule has 0 radical (unpaired) electrons. The maximum Gasteiger partial charge on any atom is 0.275 e. The predicted octanol–water partition coefficient (Wildman–Crippen LogP) is 1.03. The largest absolute Gasteiger partial charge is 0.387 e. The molecule has 1 amide bonds. The van der Waals surface area contributed by atoms with Crippen molar-refractivity contribution in [3.05, 3.63) is 62.0 Å². The minimum absolute atomic E-state index is 0.0837. The molecule has 0 aliphatic carbocycles. The van der Waals surface area contributed by atoms with E-state index in [1.807, 2.05) is 0 Å². The van der Waals surface area contributed by atoms with Crippen LogP contribution in [-0.4, -0.2) is 31.0 Å². The third-order valence-electron chi connectivity index (χ3n) is 4.30. The molecule has 0 bridgehead atoms. The number of pyridine rings is 1. The van der Waals surface area contributed by atoms with Crippen LogP contribution in [0.15, 0.2) is 40.3 Å². The number of nitrogens with two attached hydrogens (primary N) is 3. The van der Waals surface area contributed by atoms with Crippen LogP contribution in [0.3, 0.4) is 0 Å². The number of halogens is 2. The molecule has 2 unspecified atom stereocenters. The summed E-state index contributed by atoms with van der Waals surface area (Å²) in [6.45, 7) is 2.96. The van der Waals surface area contributed by atoms with E-state index in [1.54, 1.807) is 6.07 Å². The second-order valence-electron chi connectivity index (χ2n) is 6.81. The molecular formula is C18H22Cl2N6O5S. The van der Waals surface area contributed by atoms with Gasteiger partial charge in [0.05, 0.1) is 15.8 Å². The summed E-state index contributed by atoms with van der Waals surface area (Å²) in [7, 11) is -4.08. The van der Waals surface area contributed by atoms with Gasteiger partial charge in [-0.3, -0.25) is 18.9 Å². The highest BCUT2D eigenvalue weighted by Gasteiger charge is 2.30. The Balaban J connectivity index is 2.44. The standard InChI is InChI=1S/C18H22Cl2N6O5S/c1-9-6-7-13(25-32(29,30)8-11-4-3-5-12(19)14(11)20)17(28)26(9)15(16(21)27)10(2)31-24-18(22)23/h3-7,10,15,25H,8H2,1-2H3,(H2,21,27)(H4,22,23,24). The zero-order chi connectivity index (χ0) is 24.2. The van der Waals surface area contributed by atoms with Crippen molar-refractivity contribution in [3.8, 4) is 0 Å². The van der Waals surface area contributed by atoms with E-state index in [0.717, 1.165) is 4.57 Å². The molecule has 1 aromatic heterocycles. The van der Waals surface area contributed by atoms with E-state index in [0.29, 0.717) is 5.69 Å². The molecule has 7 N–H and O–H groups in total. The van der Waals surface area contributed by atoms with Gasteiger partial charge in [0.1, 0.15) is 5.69 Å². The summed E-state index contributed by atoms with van der Waals surface area (Å²) < 4.78 is 28.6. The van der Waals surface area contributed by atoms with Crippen molar-refractivity contribution in [1.82, 2.24) is 4.57 Å². The van der Waals surface area contributed by atoms with Crippen LogP contribution < -0.4 is 27.5 Å². The lowest BCUT2D eigenvalue weighted by Gasteiger charge is -2.24. The maximum absolute atomic E-state index is 13.1. The van der Waals surface area contributed by atoms with Crippen molar-refractivity contribution in [2.45, 2.75) is 31.7 Å². The SMILES string of the molecule is Cc1ccc(NS(=O)(=O)Cc2cccc(Cl)c2Cl)c(=O)n1C(C(N)=O)C(C)ON=C(N)N. The molecule has 0 spiro atoms. The molecule has 14 heteroatoms. The van der Waals surface area contributed by atoms with E-state index in [9.17, 15) is 18.0 Å². The summed E-state index contributed by atoms with van der Waals surface area (Å²) in [5.74, 6) is -1.85. The fraction of sp³-hybridized carbons (Fsp3) is 0.278. The average molecular weight is 505 g/mol. The monoisotopic (exact) mass is 504 g/mol. The normalized spacial score (nSPS) is 13.1. The Labute approximate surface area is 194 Å². The van der Waals surface area contributed by atoms with Gasteiger partial charge in [0.25, 0.3) is 5.56 Å². The molecule has 0 aliphatic heterocycles. The number of guanidine groups is 1. The first-order valence-corrected chi connectivity index (χ1v) is 11.4. The molecule has 0 aliphatic rings. The zero-order valence-corrected chi connectivity index (χ0v) is 19.4. The second-order valence-corrected chi connectivity index (χ2v) is 9.32. The Kier molecular flexibility index (Phi) is 7.99. The number of sulfonamides is 1. The van der Waals surface area contributed by atoms with Crippen LogP contribution in [-0.2, 0) is 25.4 Å². The summed E-state index contributed by atoms with van der Waals surface area (Å²) >= 11 is 12.0. The quantitative estimate of drug-likeness (QED) is 0.223. The molecular weight excluding hydrogens is 483 g/mol. The number of rotatable bonds is 9. The Morgan fingerprint density at radius 3 is 2.47 bits per heavy atom. The van der Waals surface area contributed by atoms with Crippen molar-refractivity contribution in [3.63, 3.8) is 0 Å². The second kappa shape index (κ2) is 10.1. The van der Waals surface area contributed by atoms with Crippen LogP contribution in [0.5, 0.6) is 0 Å². The Hall–Kier alpha value is -2.96. The van der Waals surface area contributed by atoms with Crippen molar-refractivity contribution < 1.29 is 18.0 Å². The number of benzene rings is 1. The number of oxime groups is 1. The molecule has 0 saturated carbocycles. The van der Waals surface area contributed by atoms with E-state index >= 15 is 0 Å². The van der Waals surface area contributed by atoms with Gasteiger partial charge in [-0.1, -0.05) is 35.3 Å². The number of hydrogen-bond acceptors (Lipinski definition) is 6. The van der Waals surface area contributed by atoms with E-state index in [1.165, 1.54) is 38.1 Å². The van der Waals surface area contributed by atoms with Gasteiger partial charge >= 0.3 is 0 Å². The minimum atomic E-state index is -4.08. The maximum atomic E-state index is 13.1. The highest BCUT2D eigenvalue weighted by atomic mass is 35.5. The first-order valence-electron chi connectivity index (χ1n) is 9.03. The predicted molar refractivity (Wildman–Crippen MR) is 123 cm³/mol. The number of carbonyl (C=O) groups is 1. The van der Waals surface area contributed by atoms with Crippen molar-refractivity contribution in [1.29, 1.82) is 0 Å². The van der Waals surface area contributed by atoms with Gasteiger partial charge in [0.15, 0.2) is 12.1 Å². The fourth-order valence-corrected chi connectivity index (χ4v) is 4.59. The average Bonchev–Trinajstić information content (AvgIpc) is 2.68. The third kappa shape index (κ3) is 6.05. The van der Waals surface area contributed by atoms with Gasteiger partial charge in [-0.25, -0.2) is 8.42 Å². The molecule has 32 heavy (non-hydrogen) atoms. The highest BCUT2D eigenvalue weighted by Crippen LogP contribution is 2.27. The number of nitrogens with one attached hydrogen (secondary N) is 1. The summed E-state index contributed by atoms with van der Waals surface area (Å²) in [4.78, 5) is 30.2. The van der Waals surface area contributed by atoms with E-state index in [2.05, 4.69) is 9.88 Å². The molecule has 0 saturated heterocycles.